The molecule has 1 aromatic carbocycles. The molecule has 0 bridgehead atoms. The number of anilines is 1. The highest BCUT2D eigenvalue weighted by Gasteiger charge is 2.18. The molecule has 6 nitrogen and oxygen atoms in total. The highest BCUT2D eigenvalue weighted by atomic mass is 32.2. The Hall–Kier alpha value is -1.86. The maximum atomic E-state index is 12.4. The summed E-state index contributed by atoms with van der Waals surface area (Å²) in [6, 6.07) is 5.02. The van der Waals surface area contributed by atoms with Crippen molar-refractivity contribution >= 4 is 15.8 Å². The number of nitrogens with one attached hydrogen (secondary N) is 1. The third-order valence-electron chi connectivity index (χ3n) is 3.25. The highest BCUT2D eigenvalue weighted by molar-refractivity contribution is 7.92. The van der Waals surface area contributed by atoms with E-state index in [0.717, 1.165) is 11.1 Å². The molecule has 0 aliphatic carbocycles. The van der Waals surface area contributed by atoms with Crippen molar-refractivity contribution < 1.29 is 8.42 Å². The molecule has 0 saturated carbocycles. The van der Waals surface area contributed by atoms with E-state index in [1.165, 1.54) is 4.68 Å². The van der Waals surface area contributed by atoms with Gasteiger partial charge in [-0.15, -0.1) is 0 Å². The molecule has 0 aliphatic heterocycles. The molecule has 20 heavy (non-hydrogen) atoms. The van der Waals surface area contributed by atoms with Crippen LogP contribution in [0.2, 0.25) is 0 Å². The molecule has 0 amide bonds. The van der Waals surface area contributed by atoms with E-state index in [1.807, 2.05) is 13.8 Å². The monoisotopic (exact) mass is 294 g/mol. The largest absolute Gasteiger partial charge is 0.326 e. The fraction of sp³-hybridized carbons (Fsp3) is 0.308. The summed E-state index contributed by atoms with van der Waals surface area (Å²) in [4.78, 5) is 0.227. The van der Waals surface area contributed by atoms with Crippen LogP contribution in [0.25, 0.3) is 0 Å². The predicted octanol–water partition coefficient (Wildman–Crippen LogP) is 1.30. The highest BCUT2D eigenvalue weighted by Crippen LogP contribution is 2.20. The van der Waals surface area contributed by atoms with Gasteiger partial charge in [-0.3, -0.25) is 9.40 Å². The summed E-state index contributed by atoms with van der Waals surface area (Å²) in [7, 11) is -1.98. The number of hydrogen-bond acceptors (Lipinski definition) is 4. The van der Waals surface area contributed by atoms with Crippen LogP contribution in [0.3, 0.4) is 0 Å². The normalized spacial score (nSPS) is 11.6. The van der Waals surface area contributed by atoms with Crippen molar-refractivity contribution in [1.29, 1.82) is 0 Å². The Kier molecular flexibility index (Phi) is 3.82. The Morgan fingerprint density at radius 3 is 2.60 bits per heavy atom. The third-order valence-corrected chi connectivity index (χ3v) is 4.59. The van der Waals surface area contributed by atoms with Gasteiger partial charge in [-0.1, -0.05) is 6.07 Å². The molecule has 0 aliphatic rings. The molecule has 1 heterocycles. The number of nitrogens with two attached hydrogens (primary N) is 1. The Bertz CT molecular complexity index is 735. The second-order valence-corrected chi connectivity index (χ2v) is 6.38. The summed E-state index contributed by atoms with van der Waals surface area (Å²) in [5.74, 6) is 0.394. The summed E-state index contributed by atoms with van der Waals surface area (Å²) in [6.07, 6.45) is 1.55. The van der Waals surface area contributed by atoms with Gasteiger partial charge >= 0.3 is 0 Å². The van der Waals surface area contributed by atoms with Crippen LogP contribution in [0.1, 0.15) is 16.7 Å². The lowest BCUT2D eigenvalue weighted by atomic mass is 10.1. The molecular weight excluding hydrogens is 276 g/mol. The SMILES string of the molecule is Cc1ccc(S(=O)(=O)Nc2c(CN)cnn2C)cc1C. The minimum absolute atomic E-state index is 0.221. The number of nitrogens with zero attached hydrogens (tertiary/aromatic N) is 2. The number of aryl methyl sites for hydroxylation is 3. The van der Waals surface area contributed by atoms with Gasteiger partial charge in [0.1, 0.15) is 5.82 Å². The van der Waals surface area contributed by atoms with Gasteiger partial charge in [-0.05, 0) is 37.1 Å². The third kappa shape index (κ3) is 2.68. The molecule has 0 unspecified atom stereocenters. The molecule has 2 rings (SSSR count). The Morgan fingerprint density at radius 1 is 1.30 bits per heavy atom. The van der Waals surface area contributed by atoms with Crippen molar-refractivity contribution in [3.63, 3.8) is 0 Å². The fourth-order valence-corrected chi connectivity index (χ4v) is 3.05. The summed E-state index contributed by atoms with van der Waals surface area (Å²) in [5, 5.41) is 4.01. The zero-order valence-electron chi connectivity index (χ0n) is 11.7. The van der Waals surface area contributed by atoms with Crippen LogP contribution in [0, 0.1) is 13.8 Å². The van der Waals surface area contributed by atoms with E-state index in [9.17, 15) is 8.42 Å². The van der Waals surface area contributed by atoms with E-state index in [1.54, 1.807) is 31.4 Å². The molecule has 108 valence electrons. The average molecular weight is 294 g/mol. The van der Waals surface area contributed by atoms with Gasteiger partial charge in [0.25, 0.3) is 10.0 Å². The van der Waals surface area contributed by atoms with Gasteiger partial charge < -0.3 is 5.73 Å². The van der Waals surface area contributed by atoms with E-state index < -0.39 is 10.0 Å². The van der Waals surface area contributed by atoms with E-state index in [4.69, 9.17) is 5.73 Å². The first-order chi connectivity index (χ1) is 9.35. The van der Waals surface area contributed by atoms with Crippen LogP contribution < -0.4 is 10.5 Å². The zero-order valence-corrected chi connectivity index (χ0v) is 12.5. The van der Waals surface area contributed by atoms with Crippen molar-refractivity contribution in [3.05, 3.63) is 41.1 Å². The first-order valence-corrected chi connectivity index (χ1v) is 7.64. The van der Waals surface area contributed by atoms with Gasteiger partial charge in [0, 0.05) is 19.2 Å². The van der Waals surface area contributed by atoms with Crippen molar-refractivity contribution in [2.24, 2.45) is 12.8 Å². The molecule has 0 fully saturated rings. The smallest absolute Gasteiger partial charge is 0.263 e. The van der Waals surface area contributed by atoms with E-state index in [-0.39, 0.29) is 11.4 Å². The minimum atomic E-state index is -3.64. The summed E-state index contributed by atoms with van der Waals surface area (Å²) < 4.78 is 28.8. The Morgan fingerprint density at radius 2 is 2.00 bits per heavy atom. The maximum absolute atomic E-state index is 12.4. The van der Waals surface area contributed by atoms with Gasteiger partial charge in [-0.25, -0.2) is 8.42 Å². The van der Waals surface area contributed by atoms with Crippen molar-refractivity contribution in [3.8, 4) is 0 Å². The minimum Gasteiger partial charge on any atom is -0.326 e. The van der Waals surface area contributed by atoms with Crippen LogP contribution in [0.15, 0.2) is 29.3 Å². The van der Waals surface area contributed by atoms with E-state index in [2.05, 4.69) is 9.82 Å². The standard InChI is InChI=1S/C13H18N4O2S/c1-9-4-5-12(6-10(9)2)20(18,19)16-13-11(7-14)8-15-17(13)3/h4-6,8,16H,7,14H2,1-3H3. The lowest BCUT2D eigenvalue weighted by Crippen LogP contribution is -2.17. The molecule has 2 aromatic rings. The quantitative estimate of drug-likeness (QED) is 0.889. The Labute approximate surface area is 118 Å². The molecule has 3 N–H and O–H groups in total. The maximum Gasteiger partial charge on any atom is 0.263 e. The molecular formula is C13H18N4O2S. The number of benzene rings is 1. The fourth-order valence-electron chi connectivity index (χ4n) is 1.83. The van der Waals surface area contributed by atoms with Crippen molar-refractivity contribution in [2.45, 2.75) is 25.3 Å². The van der Waals surface area contributed by atoms with Crippen LogP contribution in [0.4, 0.5) is 5.82 Å². The van der Waals surface area contributed by atoms with Crippen LogP contribution in [-0.4, -0.2) is 18.2 Å². The summed E-state index contributed by atoms with van der Waals surface area (Å²) in [5.41, 5.74) is 8.21. The number of hydrogen-bond donors (Lipinski definition) is 2. The lowest BCUT2D eigenvalue weighted by molar-refractivity contribution is 0.600. The summed E-state index contributed by atoms with van der Waals surface area (Å²) >= 11 is 0. The second kappa shape index (κ2) is 5.26. The van der Waals surface area contributed by atoms with E-state index in [0.29, 0.717) is 11.4 Å². The van der Waals surface area contributed by atoms with Crippen LogP contribution >= 0.6 is 0 Å². The Balaban J connectivity index is 2.40. The van der Waals surface area contributed by atoms with Crippen molar-refractivity contribution in [1.82, 2.24) is 9.78 Å². The number of aromatic nitrogens is 2. The van der Waals surface area contributed by atoms with Crippen molar-refractivity contribution in [2.75, 3.05) is 4.72 Å². The molecule has 0 atom stereocenters. The first kappa shape index (κ1) is 14.5. The van der Waals surface area contributed by atoms with E-state index >= 15 is 0 Å². The molecule has 0 saturated heterocycles. The predicted molar refractivity (Wildman–Crippen MR) is 77.8 cm³/mol. The molecule has 1 aromatic heterocycles. The average Bonchev–Trinajstić information content (AvgIpc) is 2.73. The van der Waals surface area contributed by atoms with Crippen LogP contribution in [0.5, 0.6) is 0 Å². The van der Waals surface area contributed by atoms with Gasteiger partial charge in [-0.2, -0.15) is 5.10 Å². The van der Waals surface area contributed by atoms with Gasteiger partial charge in [0.05, 0.1) is 11.1 Å². The molecule has 0 radical (unpaired) electrons. The van der Waals surface area contributed by atoms with Gasteiger partial charge in [0.15, 0.2) is 0 Å². The molecule has 0 spiro atoms. The summed E-state index contributed by atoms with van der Waals surface area (Å²) in [6.45, 7) is 4.04. The van der Waals surface area contributed by atoms with Gasteiger partial charge in [0.2, 0.25) is 0 Å². The number of rotatable bonds is 4. The topological polar surface area (TPSA) is 90.0 Å². The second-order valence-electron chi connectivity index (χ2n) is 4.70. The molecule has 7 heteroatoms. The van der Waals surface area contributed by atoms with Crippen LogP contribution in [-0.2, 0) is 23.6 Å². The zero-order chi connectivity index (χ0) is 14.9. The first-order valence-electron chi connectivity index (χ1n) is 6.16. The lowest BCUT2D eigenvalue weighted by Gasteiger charge is -2.11. The number of sulfonamides is 1.